The van der Waals surface area contributed by atoms with E-state index in [9.17, 15) is 0 Å². The van der Waals surface area contributed by atoms with Crippen LogP contribution < -0.4 is 9.80 Å². The first kappa shape index (κ1) is 16.2. The summed E-state index contributed by atoms with van der Waals surface area (Å²) >= 11 is 0. The fraction of sp³-hybridized carbons (Fsp3) is 0.200. The zero-order chi connectivity index (χ0) is 17.9. The minimum Gasteiger partial charge on any atom is -0.361 e. The Hall–Kier alpha value is -3.28. The van der Waals surface area contributed by atoms with E-state index in [4.69, 9.17) is 0 Å². The van der Waals surface area contributed by atoms with Crippen molar-refractivity contribution in [1.29, 1.82) is 0 Å². The molecule has 4 heterocycles. The highest BCUT2D eigenvalue weighted by Crippen LogP contribution is 2.19. The van der Waals surface area contributed by atoms with Crippen molar-refractivity contribution in [2.75, 3.05) is 37.2 Å². The molecule has 132 valence electrons. The highest BCUT2D eigenvalue weighted by atomic mass is 15.4. The highest BCUT2D eigenvalue weighted by molar-refractivity contribution is 5.70. The van der Waals surface area contributed by atoms with E-state index in [2.05, 4.69) is 53.9 Å². The van der Waals surface area contributed by atoms with Crippen LogP contribution in [0.25, 0.3) is 12.2 Å². The van der Waals surface area contributed by atoms with Crippen LogP contribution in [0.2, 0.25) is 0 Å². The lowest BCUT2D eigenvalue weighted by atomic mass is 10.2. The summed E-state index contributed by atoms with van der Waals surface area (Å²) in [6, 6.07) is 8.25. The van der Waals surface area contributed by atoms with Gasteiger partial charge in [-0.05, 0) is 35.4 Å². The lowest BCUT2D eigenvalue weighted by Crippen LogP contribution is -2.22. The molecule has 4 rings (SSSR count). The van der Waals surface area contributed by atoms with Crippen molar-refractivity contribution in [2.45, 2.75) is 0 Å². The average Bonchev–Trinajstić information content (AvgIpc) is 3.29. The monoisotopic (exact) mass is 346 g/mol. The molecule has 2 aromatic rings. The fourth-order valence-corrected chi connectivity index (χ4v) is 2.88. The molecule has 0 N–H and O–H groups in total. The molecule has 2 aliphatic heterocycles. The van der Waals surface area contributed by atoms with E-state index < -0.39 is 0 Å². The molecule has 0 saturated heterocycles. The van der Waals surface area contributed by atoms with Gasteiger partial charge in [0.2, 0.25) is 0 Å². The number of nitrogens with zero attached hydrogens (tertiary/aromatic N) is 6. The Balaban J connectivity index is 1.40. The van der Waals surface area contributed by atoms with Gasteiger partial charge in [0.1, 0.15) is 11.6 Å². The molecule has 0 radical (unpaired) electrons. The van der Waals surface area contributed by atoms with Crippen molar-refractivity contribution in [2.24, 2.45) is 0 Å². The third kappa shape index (κ3) is 3.54. The van der Waals surface area contributed by atoms with Gasteiger partial charge in [-0.3, -0.25) is 0 Å². The van der Waals surface area contributed by atoms with E-state index in [0.717, 1.165) is 36.1 Å². The van der Waals surface area contributed by atoms with E-state index >= 15 is 0 Å². The zero-order valence-electron chi connectivity index (χ0n) is 15.0. The van der Waals surface area contributed by atoms with Crippen LogP contribution in [0.15, 0.2) is 61.5 Å². The minimum absolute atomic E-state index is 0.836. The quantitative estimate of drug-likeness (QED) is 0.847. The first-order valence-electron chi connectivity index (χ1n) is 8.58. The summed E-state index contributed by atoms with van der Waals surface area (Å²) in [6.07, 6.45) is 16.1. The van der Waals surface area contributed by atoms with Crippen LogP contribution in [0.5, 0.6) is 0 Å². The van der Waals surface area contributed by atoms with Gasteiger partial charge in [-0.25, -0.2) is 9.97 Å². The normalized spacial score (nSPS) is 16.5. The molecule has 0 bridgehead atoms. The predicted octanol–water partition coefficient (Wildman–Crippen LogP) is 3.01. The Bertz CT molecular complexity index is 766. The van der Waals surface area contributed by atoms with Gasteiger partial charge >= 0.3 is 0 Å². The van der Waals surface area contributed by atoms with Crippen LogP contribution in [-0.4, -0.2) is 47.2 Å². The van der Waals surface area contributed by atoms with Crippen molar-refractivity contribution in [1.82, 2.24) is 19.8 Å². The van der Waals surface area contributed by atoms with Gasteiger partial charge in [0, 0.05) is 51.3 Å². The molecular formula is C20H22N6. The Morgan fingerprint density at radius 1 is 0.692 bits per heavy atom. The first-order chi connectivity index (χ1) is 12.7. The molecule has 0 amide bonds. The van der Waals surface area contributed by atoms with Crippen molar-refractivity contribution < 1.29 is 0 Å². The van der Waals surface area contributed by atoms with Gasteiger partial charge in [-0.1, -0.05) is 12.2 Å². The molecule has 6 nitrogen and oxygen atoms in total. The topological polar surface area (TPSA) is 38.7 Å². The maximum absolute atomic E-state index is 4.54. The third-order valence-electron chi connectivity index (χ3n) is 4.35. The van der Waals surface area contributed by atoms with Crippen molar-refractivity contribution in [3.8, 4) is 0 Å². The van der Waals surface area contributed by atoms with Crippen LogP contribution in [0.4, 0.5) is 11.6 Å². The fourth-order valence-electron chi connectivity index (χ4n) is 2.88. The third-order valence-corrected chi connectivity index (χ3v) is 4.35. The second kappa shape index (κ2) is 6.92. The second-order valence-electron chi connectivity index (χ2n) is 6.57. The van der Waals surface area contributed by atoms with E-state index in [1.807, 2.05) is 63.4 Å². The van der Waals surface area contributed by atoms with Crippen molar-refractivity contribution >= 4 is 23.8 Å². The first-order valence-corrected chi connectivity index (χ1v) is 8.58. The van der Waals surface area contributed by atoms with Crippen LogP contribution in [-0.2, 0) is 0 Å². The summed E-state index contributed by atoms with van der Waals surface area (Å²) in [5, 5.41) is 0. The smallest absolute Gasteiger partial charge is 0.134 e. The summed E-state index contributed by atoms with van der Waals surface area (Å²) in [7, 11) is 4.09. The van der Waals surface area contributed by atoms with Gasteiger partial charge in [0.05, 0.1) is 13.3 Å². The van der Waals surface area contributed by atoms with E-state index in [-0.39, 0.29) is 0 Å². The summed E-state index contributed by atoms with van der Waals surface area (Å²) in [4.78, 5) is 17.5. The Morgan fingerprint density at radius 2 is 1.15 bits per heavy atom. The largest absolute Gasteiger partial charge is 0.361 e. The summed E-state index contributed by atoms with van der Waals surface area (Å²) in [5.41, 5.74) is 2.14. The van der Waals surface area contributed by atoms with Crippen LogP contribution in [0.1, 0.15) is 11.1 Å². The van der Waals surface area contributed by atoms with Crippen LogP contribution >= 0.6 is 0 Å². The Morgan fingerprint density at radius 3 is 1.46 bits per heavy atom. The predicted molar refractivity (Wildman–Crippen MR) is 106 cm³/mol. The molecule has 0 atom stereocenters. The van der Waals surface area contributed by atoms with Gasteiger partial charge in [-0.2, -0.15) is 0 Å². The molecule has 0 unspecified atom stereocenters. The lowest BCUT2D eigenvalue weighted by Gasteiger charge is -2.17. The maximum Gasteiger partial charge on any atom is 0.134 e. The summed E-state index contributed by atoms with van der Waals surface area (Å²) in [5.74, 6) is 1.91. The van der Waals surface area contributed by atoms with E-state index in [0.29, 0.717) is 0 Å². The Kier molecular flexibility index (Phi) is 4.31. The summed E-state index contributed by atoms with van der Waals surface area (Å²) in [6.45, 7) is 1.67. The van der Waals surface area contributed by atoms with E-state index in [1.54, 1.807) is 0 Å². The maximum atomic E-state index is 4.54. The van der Waals surface area contributed by atoms with Gasteiger partial charge in [-0.15, -0.1) is 0 Å². The Labute approximate surface area is 154 Å². The number of pyridine rings is 2. The van der Waals surface area contributed by atoms with Crippen LogP contribution in [0.3, 0.4) is 0 Å². The standard InChI is InChI=1S/C20H22N6/c1-23-9-11-25(15-23)19-7-5-17(13-21-19)3-4-18-6-8-20(22-14-18)26-12-10-24(2)16-26/h3-14H,15-16H2,1-2H3/b4-3+. The highest BCUT2D eigenvalue weighted by Gasteiger charge is 2.12. The number of rotatable bonds is 4. The number of hydrogen-bond acceptors (Lipinski definition) is 6. The zero-order valence-corrected chi connectivity index (χ0v) is 15.0. The number of aromatic nitrogens is 2. The van der Waals surface area contributed by atoms with Gasteiger partial charge < -0.3 is 19.6 Å². The second-order valence-corrected chi connectivity index (χ2v) is 6.57. The average molecular weight is 346 g/mol. The molecule has 0 aliphatic carbocycles. The molecular weight excluding hydrogens is 324 g/mol. The molecule has 0 fully saturated rings. The lowest BCUT2D eigenvalue weighted by molar-refractivity contribution is 0.494. The molecule has 6 heteroatoms. The molecule has 0 spiro atoms. The molecule has 0 saturated carbocycles. The number of hydrogen-bond donors (Lipinski definition) is 0. The van der Waals surface area contributed by atoms with E-state index in [1.165, 1.54) is 0 Å². The molecule has 2 aliphatic rings. The molecule has 2 aromatic heterocycles. The van der Waals surface area contributed by atoms with Crippen molar-refractivity contribution in [3.05, 3.63) is 72.6 Å². The van der Waals surface area contributed by atoms with Gasteiger partial charge in [0.25, 0.3) is 0 Å². The summed E-state index contributed by atoms with van der Waals surface area (Å²) < 4.78 is 0. The molecule has 26 heavy (non-hydrogen) atoms. The minimum atomic E-state index is 0.836. The van der Waals surface area contributed by atoms with Gasteiger partial charge in [0.15, 0.2) is 0 Å². The van der Waals surface area contributed by atoms with Crippen molar-refractivity contribution in [3.63, 3.8) is 0 Å². The molecule has 0 aromatic carbocycles. The number of anilines is 2. The SMILES string of the molecule is CN1C=CN(c2ccc(/C=C/c3ccc(N4C=CN(C)C4)nc3)cn2)C1. The van der Waals surface area contributed by atoms with Crippen LogP contribution in [0, 0.1) is 0 Å².